The van der Waals surface area contributed by atoms with Gasteiger partial charge in [-0.3, -0.25) is 14.9 Å². The second-order valence-electron chi connectivity index (χ2n) is 5.16. The van der Waals surface area contributed by atoms with Gasteiger partial charge in [0.1, 0.15) is 0 Å². The van der Waals surface area contributed by atoms with E-state index in [0.29, 0.717) is 25.1 Å². The van der Waals surface area contributed by atoms with Gasteiger partial charge in [0.2, 0.25) is 5.82 Å². The zero-order valence-corrected chi connectivity index (χ0v) is 11.5. The molecule has 0 spiro atoms. The number of rotatable bonds is 4. The lowest BCUT2D eigenvalue weighted by Gasteiger charge is -2.23. The van der Waals surface area contributed by atoms with E-state index in [0.717, 1.165) is 0 Å². The number of carboxylic acid groups (broad SMARTS) is 1. The third-order valence-corrected chi connectivity index (χ3v) is 3.97. The van der Waals surface area contributed by atoms with Gasteiger partial charge in [-0.1, -0.05) is 6.92 Å². The molecule has 1 aliphatic rings. The summed E-state index contributed by atoms with van der Waals surface area (Å²) in [6.45, 7) is 4.32. The lowest BCUT2D eigenvalue weighted by Crippen LogP contribution is -2.34. The molecule has 2 rings (SSSR count). The summed E-state index contributed by atoms with van der Waals surface area (Å²) >= 11 is 0. The highest BCUT2D eigenvalue weighted by molar-refractivity contribution is 5.77. The van der Waals surface area contributed by atoms with Crippen LogP contribution in [0.25, 0.3) is 0 Å². The summed E-state index contributed by atoms with van der Waals surface area (Å²) in [4.78, 5) is 28.0. The Bertz CT molecular complexity index is 561. The van der Waals surface area contributed by atoms with Crippen LogP contribution in [-0.2, 0) is 4.79 Å². The lowest BCUT2D eigenvalue weighted by molar-refractivity contribution is -0.384. The standard InChI is InChI=1S/C13H17N3O4/c1-3-13(12(17)18)6-7-15(8-13)11-10(16(19)20)5-4-9(2)14-11/h4-5H,3,6-8H2,1-2H3,(H,17,18). The summed E-state index contributed by atoms with van der Waals surface area (Å²) in [5.41, 5.74) is -0.234. The molecule has 0 saturated carbocycles. The molecule has 1 unspecified atom stereocenters. The first-order chi connectivity index (χ1) is 9.39. The molecule has 1 aromatic heterocycles. The fourth-order valence-electron chi connectivity index (χ4n) is 2.58. The first kappa shape index (κ1) is 14.2. The van der Waals surface area contributed by atoms with Crippen LogP contribution in [0, 0.1) is 22.5 Å². The molecule has 1 saturated heterocycles. The van der Waals surface area contributed by atoms with Crippen molar-refractivity contribution in [2.24, 2.45) is 5.41 Å². The van der Waals surface area contributed by atoms with Crippen molar-refractivity contribution in [2.45, 2.75) is 26.7 Å². The van der Waals surface area contributed by atoms with Gasteiger partial charge in [-0.2, -0.15) is 0 Å². The maximum absolute atomic E-state index is 11.4. The number of nitrogens with zero attached hydrogens (tertiary/aromatic N) is 3. The molecule has 0 bridgehead atoms. The van der Waals surface area contributed by atoms with Crippen molar-refractivity contribution in [3.8, 4) is 0 Å². The number of aryl methyl sites for hydroxylation is 1. The van der Waals surface area contributed by atoms with E-state index >= 15 is 0 Å². The summed E-state index contributed by atoms with van der Waals surface area (Å²) in [6.07, 6.45) is 0.976. The minimum absolute atomic E-state index is 0.0760. The molecule has 7 heteroatoms. The van der Waals surface area contributed by atoms with Gasteiger partial charge in [0.25, 0.3) is 0 Å². The third-order valence-electron chi connectivity index (χ3n) is 3.97. The molecule has 0 aliphatic carbocycles. The largest absolute Gasteiger partial charge is 0.481 e. The van der Waals surface area contributed by atoms with E-state index in [1.165, 1.54) is 6.07 Å². The van der Waals surface area contributed by atoms with Crippen molar-refractivity contribution in [3.63, 3.8) is 0 Å². The normalized spacial score (nSPS) is 22.0. The van der Waals surface area contributed by atoms with E-state index in [4.69, 9.17) is 0 Å². The maximum atomic E-state index is 11.4. The van der Waals surface area contributed by atoms with Crippen LogP contribution in [0.15, 0.2) is 12.1 Å². The van der Waals surface area contributed by atoms with Crippen LogP contribution in [0.1, 0.15) is 25.5 Å². The first-order valence-electron chi connectivity index (χ1n) is 6.50. The zero-order chi connectivity index (χ0) is 14.9. The number of carboxylic acids is 1. The highest BCUT2D eigenvalue weighted by Crippen LogP contribution is 2.38. The van der Waals surface area contributed by atoms with Crippen molar-refractivity contribution < 1.29 is 14.8 Å². The number of aliphatic carboxylic acids is 1. The summed E-state index contributed by atoms with van der Waals surface area (Å²) in [7, 11) is 0. The molecule has 0 aromatic carbocycles. The molecule has 2 heterocycles. The number of hydrogen-bond acceptors (Lipinski definition) is 5. The Labute approximate surface area is 116 Å². The Morgan fingerprint density at radius 2 is 2.30 bits per heavy atom. The van der Waals surface area contributed by atoms with Crippen LogP contribution in [0.4, 0.5) is 11.5 Å². The smallest absolute Gasteiger partial charge is 0.311 e. The molecule has 1 atom stereocenters. The highest BCUT2D eigenvalue weighted by Gasteiger charge is 2.44. The Kier molecular flexibility index (Phi) is 3.61. The Balaban J connectivity index is 2.37. The molecule has 1 aromatic rings. The Morgan fingerprint density at radius 1 is 1.60 bits per heavy atom. The molecule has 1 aliphatic heterocycles. The number of nitro groups is 1. The predicted octanol–water partition coefficient (Wildman–Crippen LogP) is 1.99. The molecular weight excluding hydrogens is 262 g/mol. The van der Waals surface area contributed by atoms with Gasteiger partial charge >= 0.3 is 11.7 Å². The quantitative estimate of drug-likeness (QED) is 0.668. The average Bonchev–Trinajstić information content (AvgIpc) is 2.83. The lowest BCUT2D eigenvalue weighted by atomic mass is 9.84. The van der Waals surface area contributed by atoms with E-state index < -0.39 is 16.3 Å². The summed E-state index contributed by atoms with van der Waals surface area (Å²) in [6, 6.07) is 3.01. The van der Waals surface area contributed by atoms with E-state index in [9.17, 15) is 20.0 Å². The van der Waals surface area contributed by atoms with Crippen molar-refractivity contribution in [3.05, 3.63) is 27.9 Å². The third kappa shape index (κ3) is 2.31. The minimum atomic E-state index is -0.849. The summed E-state index contributed by atoms with van der Waals surface area (Å²) in [5, 5.41) is 20.5. The van der Waals surface area contributed by atoms with Gasteiger partial charge in [-0.15, -0.1) is 0 Å². The van der Waals surface area contributed by atoms with Crippen LogP contribution in [0.2, 0.25) is 0 Å². The number of carbonyl (C=O) groups is 1. The van der Waals surface area contributed by atoms with Crippen LogP contribution in [-0.4, -0.2) is 34.1 Å². The first-order valence-corrected chi connectivity index (χ1v) is 6.50. The molecule has 0 amide bonds. The Morgan fingerprint density at radius 3 is 2.80 bits per heavy atom. The van der Waals surface area contributed by atoms with Gasteiger partial charge in [0.05, 0.1) is 10.3 Å². The van der Waals surface area contributed by atoms with Crippen LogP contribution in [0.3, 0.4) is 0 Å². The van der Waals surface area contributed by atoms with Gasteiger partial charge in [-0.05, 0) is 25.8 Å². The molecule has 0 radical (unpaired) electrons. The minimum Gasteiger partial charge on any atom is -0.481 e. The monoisotopic (exact) mass is 279 g/mol. The van der Waals surface area contributed by atoms with E-state index in [2.05, 4.69) is 4.98 Å². The van der Waals surface area contributed by atoms with E-state index in [1.807, 2.05) is 6.92 Å². The molecule has 1 N–H and O–H groups in total. The van der Waals surface area contributed by atoms with Gasteiger partial charge < -0.3 is 10.0 Å². The highest BCUT2D eigenvalue weighted by atomic mass is 16.6. The number of aromatic nitrogens is 1. The van der Waals surface area contributed by atoms with Crippen molar-refractivity contribution in [1.82, 2.24) is 4.98 Å². The molecule has 108 valence electrons. The van der Waals surface area contributed by atoms with Crippen molar-refractivity contribution in [2.75, 3.05) is 18.0 Å². The predicted molar refractivity (Wildman–Crippen MR) is 72.8 cm³/mol. The number of anilines is 1. The second-order valence-corrected chi connectivity index (χ2v) is 5.16. The van der Waals surface area contributed by atoms with Crippen molar-refractivity contribution in [1.29, 1.82) is 0 Å². The molecule has 20 heavy (non-hydrogen) atoms. The van der Waals surface area contributed by atoms with Crippen molar-refractivity contribution >= 4 is 17.5 Å². The van der Waals surface area contributed by atoms with Gasteiger partial charge in [0, 0.05) is 24.8 Å². The van der Waals surface area contributed by atoms with E-state index in [1.54, 1.807) is 17.9 Å². The van der Waals surface area contributed by atoms with Gasteiger partial charge in [0.15, 0.2) is 0 Å². The fraction of sp³-hybridized carbons (Fsp3) is 0.538. The molecule has 7 nitrogen and oxygen atoms in total. The summed E-state index contributed by atoms with van der Waals surface area (Å²) in [5.74, 6) is -0.579. The number of pyridine rings is 1. The van der Waals surface area contributed by atoms with Crippen LogP contribution >= 0.6 is 0 Å². The average molecular weight is 279 g/mol. The van der Waals surface area contributed by atoms with E-state index in [-0.39, 0.29) is 18.1 Å². The second kappa shape index (κ2) is 5.07. The Hall–Kier alpha value is -2.18. The topological polar surface area (TPSA) is 96.6 Å². The van der Waals surface area contributed by atoms with Gasteiger partial charge in [-0.25, -0.2) is 4.98 Å². The fourth-order valence-corrected chi connectivity index (χ4v) is 2.58. The SMILES string of the molecule is CCC1(C(=O)O)CCN(c2nc(C)ccc2[N+](=O)[O-])C1. The molecule has 1 fully saturated rings. The van der Waals surface area contributed by atoms with Crippen LogP contribution < -0.4 is 4.90 Å². The number of hydrogen-bond donors (Lipinski definition) is 1. The maximum Gasteiger partial charge on any atom is 0.311 e. The van der Waals surface area contributed by atoms with Crippen LogP contribution in [0.5, 0.6) is 0 Å². The zero-order valence-electron chi connectivity index (χ0n) is 11.5. The molecular formula is C13H17N3O4. The summed E-state index contributed by atoms with van der Waals surface area (Å²) < 4.78 is 0.